The first-order chi connectivity index (χ1) is 8.10. The molecule has 108 valence electrons. The van der Waals surface area contributed by atoms with Crippen molar-refractivity contribution >= 4 is 10.0 Å². The molecule has 0 saturated carbocycles. The summed E-state index contributed by atoms with van der Waals surface area (Å²) in [6.45, 7) is -1.25. The highest BCUT2D eigenvalue weighted by Gasteiger charge is 2.49. The van der Waals surface area contributed by atoms with Gasteiger partial charge < -0.3 is 20.1 Å². The van der Waals surface area contributed by atoms with Crippen LogP contribution in [0.4, 0.5) is 13.2 Å². The molecule has 0 radical (unpaired) electrons. The topological polar surface area (TPSA) is 116 Å². The smallest absolute Gasteiger partial charge is 0.394 e. The molecule has 1 saturated heterocycles. The van der Waals surface area contributed by atoms with Crippen molar-refractivity contribution < 1.29 is 41.6 Å². The highest BCUT2D eigenvalue weighted by molar-refractivity contribution is 7.90. The third kappa shape index (κ3) is 3.10. The van der Waals surface area contributed by atoms with Gasteiger partial charge in [-0.15, -0.1) is 0 Å². The fraction of sp³-hybridized carbons (Fsp3) is 1.00. The fourth-order valence-electron chi connectivity index (χ4n) is 1.41. The lowest BCUT2D eigenvalue weighted by molar-refractivity contribution is -0.159. The predicted octanol–water partition coefficient (Wildman–Crippen LogP) is -2.09. The van der Waals surface area contributed by atoms with Gasteiger partial charge in [-0.1, -0.05) is 0 Å². The van der Waals surface area contributed by atoms with Gasteiger partial charge in [0.15, 0.2) is 0 Å². The van der Waals surface area contributed by atoms with E-state index in [0.29, 0.717) is 0 Å². The average Bonchev–Trinajstić information content (AvgIpc) is 2.23. The van der Waals surface area contributed by atoms with Gasteiger partial charge in [0.1, 0.15) is 18.3 Å². The van der Waals surface area contributed by atoms with Crippen LogP contribution in [0.25, 0.3) is 0 Å². The van der Waals surface area contributed by atoms with E-state index in [2.05, 4.69) is 0 Å². The standard InChI is InChI=1S/C7H12F3NO6S/c8-7(9,10)18(15,16)11-3-2-17-4(1-12)6(14)5(3)13/h3-6,11-14H,1-2H2/t3-,4-,5-,6+/m1/s1. The van der Waals surface area contributed by atoms with Gasteiger partial charge in [0.2, 0.25) is 0 Å². The zero-order valence-electron chi connectivity index (χ0n) is 8.83. The second kappa shape index (κ2) is 5.27. The van der Waals surface area contributed by atoms with E-state index in [-0.39, 0.29) is 0 Å². The minimum Gasteiger partial charge on any atom is -0.394 e. The van der Waals surface area contributed by atoms with Crippen LogP contribution in [0.2, 0.25) is 0 Å². The van der Waals surface area contributed by atoms with Gasteiger partial charge in [-0.25, -0.2) is 8.42 Å². The molecule has 1 aliphatic heterocycles. The van der Waals surface area contributed by atoms with E-state index in [1.54, 1.807) is 0 Å². The molecule has 0 aromatic carbocycles. The first-order valence-corrected chi connectivity index (χ1v) is 6.25. The number of rotatable bonds is 3. The van der Waals surface area contributed by atoms with Crippen molar-refractivity contribution in [3.8, 4) is 0 Å². The monoisotopic (exact) mass is 295 g/mol. The fourth-order valence-corrected chi connectivity index (χ4v) is 2.15. The van der Waals surface area contributed by atoms with Crippen LogP contribution in [0.3, 0.4) is 0 Å². The van der Waals surface area contributed by atoms with E-state index in [0.717, 1.165) is 0 Å². The van der Waals surface area contributed by atoms with E-state index >= 15 is 0 Å². The molecule has 0 unspecified atom stereocenters. The second-order valence-electron chi connectivity index (χ2n) is 3.71. The van der Waals surface area contributed by atoms with Crippen LogP contribution in [-0.2, 0) is 14.8 Å². The summed E-state index contributed by atoms with van der Waals surface area (Å²) in [5.41, 5.74) is -5.52. The van der Waals surface area contributed by atoms with Crippen molar-refractivity contribution in [3.63, 3.8) is 0 Å². The van der Waals surface area contributed by atoms with Crippen LogP contribution in [0.1, 0.15) is 0 Å². The van der Waals surface area contributed by atoms with Gasteiger partial charge in [-0.05, 0) is 0 Å². The van der Waals surface area contributed by atoms with E-state index in [1.807, 2.05) is 0 Å². The van der Waals surface area contributed by atoms with E-state index < -0.39 is 53.1 Å². The summed E-state index contributed by atoms with van der Waals surface area (Å²) in [7, 11) is -5.64. The summed E-state index contributed by atoms with van der Waals surface area (Å²) in [5.74, 6) is 0. The number of alkyl halides is 3. The number of aliphatic hydroxyl groups excluding tert-OH is 3. The summed E-state index contributed by atoms with van der Waals surface area (Å²) >= 11 is 0. The van der Waals surface area contributed by atoms with Crippen molar-refractivity contribution in [1.82, 2.24) is 4.72 Å². The van der Waals surface area contributed by atoms with Gasteiger partial charge in [0.25, 0.3) is 0 Å². The minimum absolute atomic E-state index is 0.598. The maximum absolute atomic E-state index is 12.1. The highest BCUT2D eigenvalue weighted by atomic mass is 32.2. The molecule has 7 nitrogen and oxygen atoms in total. The van der Waals surface area contributed by atoms with E-state index in [1.165, 1.54) is 4.72 Å². The Morgan fingerprint density at radius 1 is 1.28 bits per heavy atom. The van der Waals surface area contributed by atoms with Crippen LogP contribution in [-0.4, -0.2) is 66.8 Å². The van der Waals surface area contributed by atoms with Gasteiger partial charge in [0, 0.05) is 0 Å². The lowest BCUT2D eigenvalue weighted by atomic mass is 9.99. The lowest BCUT2D eigenvalue weighted by Gasteiger charge is -2.36. The summed E-state index contributed by atoms with van der Waals surface area (Å²) in [5, 5.41) is 27.5. The molecule has 1 aliphatic rings. The van der Waals surface area contributed by atoms with Gasteiger partial charge in [-0.2, -0.15) is 17.9 Å². The average molecular weight is 295 g/mol. The number of nitrogens with one attached hydrogen (secondary N) is 1. The quantitative estimate of drug-likeness (QED) is 0.474. The Bertz CT molecular complexity index is 385. The first kappa shape index (κ1) is 15.6. The summed E-state index contributed by atoms with van der Waals surface area (Å²) < 4.78 is 63.7. The molecule has 11 heteroatoms. The molecule has 18 heavy (non-hydrogen) atoms. The molecule has 0 amide bonds. The molecular formula is C7H12F3NO6S. The Balaban J connectivity index is 2.76. The molecule has 0 aromatic heterocycles. The van der Waals surface area contributed by atoms with Crippen LogP contribution < -0.4 is 4.72 Å². The third-order valence-corrected chi connectivity index (χ3v) is 3.65. The summed E-state index contributed by atoms with van der Waals surface area (Å²) in [6.07, 6.45) is -4.68. The van der Waals surface area contributed by atoms with Crippen LogP contribution in [0.5, 0.6) is 0 Å². The van der Waals surface area contributed by atoms with E-state index in [4.69, 9.17) is 9.84 Å². The molecule has 1 rings (SSSR count). The Kier molecular flexibility index (Phi) is 4.56. The van der Waals surface area contributed by atoms with Gasteiger partial charge >= 0.3 is 15.5 Å². The van der Waals surface area contributed by atoms with Crippen LogP contribution in [0.15, 0.2) is 0 Å². The van der Waals surface area contributed by atoms with Crippen molar-refractivity contribution in [2.75, 3.05) is 13.2 Å². The number of hydrogen-bond acceptors (Lipinski definition) is 6. The predicted molar refractivity (Wildman–Crippen MR) is 50.7 cm³/mol. The van der Waals surface area contributed by atoms with Gasteiger partial charge in [-0.3, -0.25) is 0 Å². The molecule has 0 aromatic rings. The molecule has 4 N–H and O–H groups in total. The molecule has 1 fully saturated rings. The Morgan fingerprint density at radius 2 is 1.83 bits per heavy atom. The lowest BCUT2D eigenvalue weighted by Crippen LogP contribution is -2.61. The van der Waals surface area contributed by atoms with Crippen molar-refractivity contribution in [2.24, 2.45) is 0 Å². The molecular weight excluding hydrogens is 283 g/mol. The molecule has 0 spiro atoms. The second-order valence-corrected chi connectivity index (χ2v) is 5.41. The number of halogens is 3. The minimum atomic E-state index is -5.64. The number of aliphatic hydroxyl groups is 3. The molecule has 4 atom stereocenters. The first-order valence-electron chi connectivity index (χ1n) is 4.77. The van der Waals surface area contributed by atoms with Gasteiger partial charge in [0.05, 0.1) is 19.3 Å². The molecule has 1 heterocycles. The Hall–Kier alpha value is -0.460. The Labute approximate surface area is 100 Å². The highest BCUT2D eigenvalue weighted by Crippen LogP contribution is 2.24. The van der Waals surface area contributed by atoms with Crippen molar-refractivity contribution in [3.05, 3.63) is 0 Å². The zero-order valence-corrected chi connectivity index (χ0v) is 9.65. The normalized spacial score (nSPS) is 34.6. The maximum atomic E-state index is 12.1. The number of hydrogen-bond donors (Lipinski definition) is 4. The largest absolute Gasteiger partial charge is 0.511 e. The van der Waals surface area contributed by atoms with Crippen LogP contribution >= 0.6 is 0 Å². The third-order valence-electron chi connectivity index (χ3n) is 2.42. The number of sulfonamides is 1. The van der Waals surface area contributed by atoms with Crippen LogP contribution in [0, 0.1) is 0 Å². The van der Waals surface area contributed by atoms with Crippen molar-refractivity contribution in [1.29, 1.82) is 0 Å². The Morgan fingerprint density at radius 3 is 2.28 bits per heavy atom. The number of ether oxygens (including phenoxy) is 1. The molecule has 0 aliphatic carbocycles. The zero-order chi connectivity index (χ0) is 14.1. The maximum Gasteiger partial charge on any atom is 0.511 e. The van der Waals surface area contributed by atoms with E-state index in [9.17, 15) is 31.8 Å². The summed E-state index contributed by atoms with van der Waals surface area (Å²) in [6, 6.07) is -1.64. The molecule has 0 bridgehead atoms. The SMILES string of the molecule is O=S(=O)(N[C@@H]1CO[C@H](CO)[C@H](O)[C@@H]1O)C(F)(F)F. The van der Waals surface area contributed by atoms with Crippen molar-refractivity contribution in [2.45, 2.75) is 29.9 Å². The summed E-state index contributed by atoms with van der Waals surface area (Å²) in [4.78, 5) is 0.